The zero-order chi connectivity index (χ0) is 20.3. The van der Waals surface area contributed by atoms with Crippen LogP contribution in [0.2, 0.25) is 0 Å². The minimum atomic E-state index is -0.703. The molecule has 2 aromatic rings. The maximum atomic E-state index is 12.7. The first kappa shape index (κ1) is 19.1. The van der Waals surface area contributed by atoms with E-state index in [-0.39, 0.29) is 5.56 Å². The number of carbonyl (C=O) groups is 4. The summed E-state index contributed by atoms with van der Waals surface area (Å²) in [7, 11) is 1.26. The van der Waals surface area contributed by atoms with Gasteiger partial charge in [0.25, 0.3) is 5.91 Å². The summed E-state index contributed by atoms with van der Waals surface area (Å²) >= 11 is 0. The average Bonchev–Trinajstić information content (AvgIpc) is 2.91. The first-order chi connectivity index (χ1) is 13.4. The van der Waals surface area contributed by atoms with Crippen molar-refractivity contribution in [2.24, 2.45) is 0 Å². The minimum absolute atomic E-state index is 0.275. The van der Waals surface area contributed by atoms with Crippen LogP contribution in [-0.4, -0.2) is 48.4 Å². The van der Waals surface area contributed by atoms with E-state index in [1.54, 1.807) is 49.4 Å². The van der Waals surface area contributed by atoms with Gasteiger partial charge in [0.05, 0.1) is 12.7 Å². The lowest BCUT2D eigenvalue weighted by atomic mass is 10.2. The molecule has 0 radical (unpaired) electrons. The molecule has 1 saturated heterocycles. The standard InChI is InChI=1S/C20H19N3O5/c1-13-18(25)22(20(27)23(13)16-9-4-3-5-10-16)12-17(24)21-15-8-6-7-14(11-15)19(26)28-2/h3-11,13H,12H2,1-2H3,(H,21,24). The van der Waals surface area contributed by atoms with Gasteiger partial charge < -0.3 is 10.1 Å². The van der Waals surface area contributed by atoms with E-state index in [1.165, 1.54) is 18.1 Å². The van der Waals surface area contributed by atoms with Gasteiger partial charge in [-0.25, -0.2) is 9.59 Å². The topological polar surface area (TPSA) is 96.0 Å². The summed E-state index contributed by atoms with van der Waals surface area (Å²) in [4.78, 5) is 51.4. The van der Waals surface area contributed by atoms with Crippen molar-refractivity contribution in [3.8, 4) is 0 Å². The highest BCUT2D eigenvalue weighted by molar-refractivity contribution is 6.16. The second-order valence-corrected chi connectivity index (χ2v) is 6.21. The quantitative estimate of drug-likeness (QED) is 0.633. The Morgan fingerprint density at radius 3 is 2.46 bits per heavy atom. The van der Waals surface area contributed by atoms with Gasteiger partial charge in [-0.2, -0.15) is 0 Å². The largest absolute Gasteiger partial charge is 0.465 e. The van der Waals surface area contributed by atoms with Gasteiger partial charge in [-0.05, 0) is 37.3 Å². The molecule has 1 fully saturated rings. The Bertz CT molecular complexity index is 928. The molecule has 0 saturated carbocycles. The Morgan fingerprint density at radius 2 is 1.79 bits per heavy atom. The first-order valence-electron chi connectivity index (χ1n) is 8.60. The number of methoxy groups -OCH3 is 1. The molecule has 0 aromatic heterocycles. The van der Waals surface area contributed by atoms with Crippen LogP contribution in [0.3, 0.4) is 0 Å². The number of benzene rings is 2. The van der Waals surface area contributed by atoms with E-state index in [0.717, 1.165) is 4.90 Å². The fraction of sp³-hybridized carbons (Fsp3) is 0.200. The number of para-hydroxylation sites is 1. The number of amides is 4. The van der Waals surface area contributed by atoms with E-state index >= 15 is 0 Å². The molecule has 1 N–H and O–H groups in total. The van der Waals surface area contributed by atoms with Crippen molar-refractivity contribution < 1.29 is 23.9 Å². The van der Waals surface area contributed by atoms with Crippen molar-refractivity contribution in [2.45, 2.75) is 13.0 Å². The normalized spacial score (nSPS) is 16.3. The molecule has 1 aliphatic heterocycles. The number of hydrogen-bond acceptors (Lipinski definition) is 5. The maximum Gasteiger partial charge on any atom is 0.337 e. The van der Waals surface area contributed by atoms with Crippen molar-refractivity contribution in [3.05, 3.63) is 60.2 Å². The Morgan fingerprint density at radius 1 is 1.07 bits per heavy atom. The number of nitrogens with zero attached hydrogens (tertiary/aromatic N) is 2. The number of imide groups is 1. The van der Waals surface area contributed by atoms with Crippen LogP contribution in [0.4, 0.5) is 16.2 Å². The fourth-order valence-corrected chi connectivity index (χ4v) is 2.98. The predicted molar refractivity (Wildman–Crippen MR) is 102 cm³/mol. The molecule has 1 atom stereocenters. The van der Waals surface area contributed by atoms with Gasteiger partial charge in [-0.1, -0.05) is 24.3 Å². The Kier molecular flexibility index (Phi) is 5.39. The van der Waals surface area contributed by atoms with Crippen LogP contribution in [-0.2, 0) is 14.3 Å². The van der Waals surface area contributed by atoms with Crippen LogP contribution in [0.25, 0.3) is 0 Å². The van der Waals surface area contributed by atoms with E-state index in [2.05, 4.69) is 10.1 Å². The highest BCUT2D eigenvalue weighted by atomic mass is 16.5. The predicted octanol–water partition coefficient (Wildman–Crippen LogP) is 2.27. The van der Waals surface area contributed by atoms with Crippen molar-refractivity contribution >= 4 is 35.2 Å². The number of ether oxygens (including phenoxy) is 1. The zero-order valence-electron chi connectivity index (χ0n) is 15.4. The van der Waals surface area contributed by atoms with Crippen molar-refractivity contribution in [3.63, 3.8) is 0 Å². The van der Waals surface area contributed by atoms with E-state index < -0.39 is 36.4 Å². The summed E-state index contributed by atoms with van der Waals surface area (Å²) in [5.74, 6) is -1.54. The molecule has 0 aliphatic carbocycles. The molecule has 4 amide bonds. The third-order valence-corrected chi connectivity index (χ3v) is 4.35. The molecule has 0 bridgehead atoms. The summed E-state index contributed by atoms with van der Waals surface area (Å²) < 4.78 is 4.64. The summed E-state index contributed by atoms with van der Waals surface area (Å²) in [6.45, 7) is 1.19. The molecular weight excluding hydrogens is 362 g/mol. The molecule has 28 heavy (non-hydrogen) atoms. The Hall–Kier alpha value is -3.68. The summed E-state index contributed by atoms with van der Waals surface area (Å²) in [6.07, 6.45) is 0. The van der Waals surface area contributed by atoms with Crippen LogP contribution >= 0.6 is 0 Å². The van der Waals surface area contributed by atoms with E-state index in [1.807, 2.05) is 6.07 Å². The van der Waals surface area contributed by atoms with E-state index in [0.29, 0.717) is 11.4 Å². The van der Waals surface area contributed by atoms with Crippen molar-refractivity contribution in [1.82, 2.24) is 4.90 Å². The average molecular weight is 381 g/mol. The number of hydrogen-bond donors (Lipinski definition) is 1. The van der Waals surface area contributed by atoms with Crippen LogP contribution in [0.15, 0.2) is 54.6 Å². The molecule has 1 unspecified atom stereocenters. The number of nitrogens with one attached hydrogen (secondary N) is 1. The third-order valence-electron chi connectivity index (χ3n) is 4.35. The lowest BCUT2D eigenvalue weighted by molar-refractivity contribution is -0.130. The molecule has 8 heteroatoms. The van der Waals surface area contributed by atoms with Crippen LogP contribution in [0, 0.1) is 0 Å². The number of carbonyl (C=O) groups excluding carboxylic acids is 4. The lowest BCUT2D eigenvalue weighted by Gasteiger charge is -2.19. The number of anilines is 2. The lowest BCUT2D eigenvalue weighted by Crippen LogP contribution is -2.39. The van der Waals surface area contributed by atoms with Gasteiger partial charge in [0.15, 0.2) is 0 Å². The Labute approximate surface area is 161 Å². The third kappa shape index (κ3) is 3.71. The van der Waals surface area contributed by atoms with Gasteiger partial charge >= 0.3 is 12.0 Å². The van der Waals surface area contributed by atoms with E-state index in [4.69, 9.17) is 0 Å². The molecule has 1 aliphatic rings. The van der Waals surface area contributed by atoms with Gasteiger partial charge in [0.1, 0.15) is 12.6 Å². The number of urea groups is 1. The molecule has 2 aromatic carbocycles. The summed E-state index contributed by atoms with van der Waals surface area (Å²) in [6, 6.07) is 13.7. The van der Waals surface area contributed by atoms with Crippen molar-refractivity contribution in [1.29, 1.82) is 0 Å². The zero-order valence-corrected chi connectivity index (χ0v) is 15.4. The second kappa shape index (κ2) is 7.91. The highest BCUT2D eigenvalue weighted by Crippen LogP contribution is 2.25. The van der Waals surface area contributed by atoms with Gasteiger partial charge in [0.2, 0.25) is 5.91 Å². The highest BCUT2D eigenvalue weighted by Gasteiger charge is 2.43. The SMILES string of the molecule is COC(=O)c1cccc(NC(=O)CN2C(=O)C(C)N(c3ccccc3)C2=O)c1. The molecule has 0 spiro atoms. The van der Waals surface area contributed by atoms with Gasteiger partial charge in [-0.15, -0.1) is 0 Å². The summed E-state index contributed by atoms with van der Waals surface area (Å²) in [5, 5.41) is 2.59. The molecular formula is C20H19N3O5. The first-order valence-corrected chi connectivity index (χ1v) is 8.60. The van der Waals surface area contributed by atoms with Crippen molar-refractivity contribution in [2.75, 3.05) is 23.9 Å². The second-order valence-electron chi connectivity index (χ2n) is 6.21. The number of rotatable bonds is 5. The van der Waals surface area contributed by atoms with Crippen LogP contribution in [0.5, 0.6) is 0 Å². The summed E-state index contributed by atoms with van der Waals surface area (Å²) in [5.41, 5.74) is 1.22. The maximum absolute atomic E-state index is 12.7. The van der Waals surface area contributed by atoms with Crippen LogP contribution < -0.4 is 10.2 Å². The molecule has 3 rings (SSSR count). The number of esters is 1. The molecule has 1 heterocycles. The Balaban J connectivity index is 1.71. The van der Waals surface area contributed by atoms with E-state index in [9.17, 15) is 19.2 Å². The van der Waals surface area contributed by atoms with Gasteiger partial charge in [0, 0.05) is 11.4 Å². The monoisotopic (exact) mass is 381 g/mol. The molecule has 144 valence electrons. The fourth-order valence-electron chi connectivity index (χ4n) is 2.98. The minimum Gasteiger partial charge on any atom is -0.465 e. The smallest absolute Gasteiger partial charge is 0.337 e. The van der Waals surface area contributed by atoms with Crippen LogP contribution in [0.1, 0.15) is 17.3 Å². The van der Waals surface area contributed by atoms with Gasteiger partial charge in [-0.3, -0.25) is 19.4 Å². The molecule has 8 nitrogen and oxygen atoms in total.